The Morgan fingerprint density at radius 2 is 0.897 bits per heavy atom. The Morgan fingerprint density at radius 3 is 1.24 bits per heavy atom. The van der Waals surface area contributed by atoms with E-state index >= 15 is 0 Å². The van der Waals surface area contributed by atoms with Gasteiger partial charge < -0.3 is 10.4 Å². The van der Waals surface area contributed by atoms with Gasteiger partial charge in [0.2, 0.25) is 0 Å². The highest BCUT2D eigenvalue weighted by atomic mass is 31.2. The van der Waals surface area contributed by atoms with Crippen molar-refractivity contribution in [3.05, 3.63) is 132 Å². The average Bonchev–Trinajstić information content (AvgIpc) is 2.82. The Hall–Kier alpha value is -3.22. The molecule has 0 N–H and O–H groups in total. The summed E-state index contributed by atoms with van der Waals surface area (Å²) in [6.45, 7) is 0. The number of nitrogens with zero attached hydrogens (tertiary/aromatic N) is 1. The van der Waals surface area contributed by atoms with E-state index in [0.717, 1.165) is 5.56 Å². The summed E-state index contributed by atoms with van der Waals surface area (Å²) in [6, 6.07) is 41.4. The van der Waals surface area contributed by atoms with Crippen LogP contribution in [0, 0.1) is 5.21 Å². The standard InChI is InChI=1S/C26H22NOP/c28-27-26(22-13-5-1-6-14-22)21-29(23-15-7-2-8-16-23,24-17-9-3-10-18-24)25-19-11-4-12-20-25/h1-20H,21H2/b27-26+. The fourth-order valence-electron chi connectivity index (χ4n) is 3.80. The van der Waals surface area contributed by atoms with Crippen molar-refractivity contribution in [2.24, 2.45) is 5.16 Å². The van der Waals surface area contributed by atoms with Crippen molar-refractivity contribution in [1.82, 2.24) is 0 Å². The minimum atomic E-state index is -2.12. The van der Waals surface area contributed by atoms with Gasteiger partial charge in [0.05, 0.1) is 5.71 Å². The third-order valence-electron chi connectivity index (χ3n) is 5.20. The predicted molar refractivity (Wildman–Crippen MR) is 126 cm³/mol. The molecule has 0 saturated carbocycles. The predicted octanol–water partition coefficient (Wildman–Crippen LogP) is 4.97. The highest BCUT2D eigenvalue weighted by Crippen LogP contribution is 2.55. The number of hydrogen-bond acceptors (Lipinski definition) is 2. The van der Waals surface area contributed by atoms with Crippen LogP contribution >= 0.6 is 7.26 Å². The Bertz CT molecular complexity index is 968. The van der Waals surface area contributed by atoms with Crippen LogP contribution in [0.5, 0.6) is 0 Å². The Balaban J connectivity index is 1.98. The van der Waals surface area contributed by atoms with E-state index in [1.165, 1.54) is 15.9 Å². The molecular weight excluding hydrogens is 373 g/mol. The van der Waals surface area contributed by atoms with Gasteiger partial charge in [-0.3, -0.25) is 0 Å². The van der Waals surface area contributed by atoms with Crippen LogP contribution in [0.4, 0.5) is 0 Å². The summed E-state index contributed by atoms with van der Waals surface area (Å²) in [5.41, 5.74) is 1.48. The largest absolute Gasteiger partial charge is 0.792 e. The maximum Gasteiger partial charge on any atom is 0.118 e. The molecule has 4 aromatic rings. The van der Waals surface area contributed by atoms with Crippen LogP contribution in [0.3, 0.4) is 0 Å². The van der Waals surface area contributed by atoms with Crippen LogP contribution in [0.1, 0.15) is 5.56 Å². The molecule has 0 heterocycles. The summed E-state index contributed by atoms with van der Waals surface area (Å²) < 4.78 is 0. The molecule has 0 radical (unpaired) electrons. The lowest BCUT2D eigenvalue weighted by Gasteiger charge is -2.28. The molecule has 0 amide bonds. The Kier molecular flexibility index (Phi) is 5.84. The molecule has 0 aliphatic carbocycles. The van der Waals surface area contributed by atoms with Crippen molar-refractivity contribution >= 4 is 28.9 Å². The molecule has 0 spiro atoms. The highest BCUT2D eigenvalue weighted by Gasteiger charge is 2.46. The first-order chi connectivity index (χ1) is 14.3. The number of rotatable bonds is 6. The van der Waals surface area contributed by atoms with Crippen molar-refractivity contribution in [2.45, 2.75) is 0 Å². The third-order valence-corrected chi connectivity index (χ3v) is 9.51. The van der Waals surface area contributed by atoms with Gasteiger partial charge in [0.1, 0.15) is 29.3 Å². The van der Waals surface area contributed by atoms with Gasteiger partial charge in [-0.25, -0.2) is 0 Å². The molecule has 0 fully saturated rings. The van der Waals surface area contributed by atoms with E-state index < -0.39 is 7.26 Å². The zero-order valence-electron chi connectivity index (χ0n) is 16.1. The molecule has 0 aliphatic rings. The smallest absolute Gasteiger partial charge is 0.118 e. The quantitative estimate of drug-likeness (QED) is 0.258. The first-order valence-electron chi connectivity index (χ1n) is 9.64. The van der Waals surface area contributed by atoms with E-state index in [0.29, 0.717) is 11.9 Å². The van der Waals surface area contributed by atoms with Crippen LogP contribution in [-0.2, 0) is 0 Å². The lowest BCUT2D eigenvalue weighted by Crippen LogP contribution is -2.36. The molecule has 3 heteroatoms. The van der Waals surface area contributed by atoms with Crippen molar-refractivity contribution in [3.63, 3.8) is 0 Å². The van der Waals surface area contributed by atoms with Gasteiger partial charge >= 0.3 is 0 Å². The van der Waals surface area contributed by atoms with Gasteiger partial charge in [-0.1, -0.05) is 84.9 Å². The number of hydrogen-bond donors (Lipinski definition) is 0. The van der Waals surface area contributed by atoms with Crippen LogP contribution in [0.15, 0.2) is 126 Å². The zero-order chi connectivity index (χ0) is 19.9. The molecule has 4 aromatic carbocycles. The second kappa shape index (κ2) is 8.86. The normalized spacial score (nSPS) is 11.9. The third kappa shape index (κ3) is 3.85. The van der Waals surface area contributed by atoms with E-state index in [1.807, 2.05) is 48.5 Å². The fraction of sp³-hybridized carbons (Fsp3) is 0.0385. The van der Waals surface area contributed by atoms with Crippen LogP contribution in [-0.4, -0.2) is 11.9 Å². The Morgan fingerprint density at radius 1 is 0.552 bits per heavy atom. The lowest BCUT2D eigenvalue weighted by atomic mass is 10.1. The van der Waals surface area contributed by atoms with E-state index in [4.69, 9.17) is 0 Å². The zero-order valence-corrected chi connectivity index (χ0v) is 17.0. The summed E-state index contributed by atoms with van der Waals surface area (Å²) in [5.74, 6) is 0. The molecule has 0 unspecified atom stereocenters. The number of benzene rings is 4. The van der Waals surface area contributed by atoms with Gasteiger partial charge in [0, 0.05) is 0 Å². The van der Waals surface area contributed by atoms with E-state index in [-0.39, 0.29) is 0 Å². The first-order valence-corrected chi connectivity index (χ1v) is 11.6. The molecule has 0 atom stereocenters. The molecule has 0 aromatic heterocycles. The molecule has 4 rings (SSSR count). The first kappa shape index (κ1) is 19.1. The summed E-state index contributed by atoms with van der Waals surface area (Å²) in [4.78, 5) is 0. The van der Waals surface area contributed by atoms with Crippen molar-refractivity contribution in [3.8, 4) is 0 Å². The van der Waals surface area contributed by atoms with Crippen molar-refractivity contribution in [2.75, 3.05) is 6.16 Å². The summed E-state index contributed by atoms with van der Waals surface area (Å²) >= 11 is 0. The molecule has 0 bridgehead atoms. The van der Waals surface area contributed by atoms with E-state index in [9.17, 15) is 5.21 Å². The Labute approximate surface area is 172 Å². The van der Waals surface area contributed by atoms with Crippen LogP contribution in [0.25, 0.3) is 0 Å². The van der Waals surface area contributed by atoms with Crippen molar-refractivity contribution < 1.29 is 0 Å². The molecule has 142 valence electrons. The maximum atomic E-state index is 12.0. The maximum absolute atomic E-state index is 12.0. The van der Waals surface area contributed by atoms with Gasteiger partial charge in [-0.2, -0.15) is 0 Å². The van der Waals surface area contributed by atoms with Gasteiger partial charge in [0.25, 0.3) is 0 Å². The topological polar surface area (TPSA) is 35.4 Å². The van der Waals surface area contributed by atoms with Crippen LogP contribution < -0.4 is 15.9 Å². The molecule has 29 heavy (non-hydrogen) atoms. The van der Waals surface area contributed by atoms with Gasteiger partial charge in [-0.15, -0.1) is 0 Å². The monoisotopic (exact) mass is 395 g/mol. The minimum absolute atomic E-state index is 0.582. The summed E-state index contributed by atoms with van der Waals surface area (Å²) in [7, 11) is -2.12. The second-order valence-corrected chi connectivity index (χ2v) is 10.4. The molecule has 0 aliphatic heterocycles. The second-order valence-electron chi connectivity index (χ2n) is 6.88. The molecule has 0 saturated heterocycles. The van der Waals surface area contributed by atoms with Gasteiger partial charge in [0.15, 0.2) is 0 Å². The molecule has 2 nitrogen and oxygen atoms in total. The fourth-order valence-corrected chi connectivity index (χ4v) is 7.97. The van der Waals surface area contributed by atoms with E-state index in [1.54, 1.807) is 0 Å². The lowest BCUT2D eigenvalue weighted by molar-refractivity contribution is 1.52. The van der Waals surface area contributed by atoms with E-state index in [2.05, 4.69) is 78.0 Å². The SMILES string of the molecule is [O-]/N=C(\C[P+](c1ccccc1)(c1ccccc1)c1ccccc1)c1ccccc1. The highest BCUT2D eigenvalue weighted by molar-refractivity contribution is 7.96. The minimum Gasteiger partial charge on any atom is -0.792 e. The summed E-state index contributed by atoms with van der Waals surface area (Å²) in [6.07, 6.45) is 0.582. The van der Waals surface area contributed by atoms with Gasteiger partial charge in [-0.05, 0) is 42.0 Å². The van der Waals surface area contributed by atoms with Crippen LogP contribution in [0.2, 0.25) is 0 Å². The summed E-state index contributed by atoms with van der Waals surface area (Å²) in [5, 5.41) is 19.3. The van der Waals surface area contributed by atoms with Crippen molar-refractivity contribution in [1.29, 1.82) is 0 Å². The molecular formula is C26H22NOP. The average molecular weight is 395 g/mol.